The quantitative estimate of drug-likeness (QED) is 0.624. The van der Waals surface area contributed by atoms with Crippen molar-refractivity contribution in [3.05, 3.63) is 24.0 Å². The lowest BCUT2D eigenvalue weighted by Crippen LogP contribution is -2.24. The number of nitrogens with one attached hydrogen (secondary N) is 1. The number of anilines is 1. The van der Waals surface area contributed by atoms with Crippen LogP contribution in [-0.4, -0.2) is 27.0 Å². The highest BCUT2D eigenvalue weighted by molar-refractivity contribution is 7.92. The van der Waals surface area contributed by atoms with E-state index in [4.69, 9.17) is 5.73 Å². The van der Waals surface area contributed by atoms with Gasteiger partial charge in [0.2, 0.25) is 0 Å². The van der Waals surface area contributed by atoms with Crippen molar-refractivity contribution in [1.29, 1.82) is 0 Å². The predicted octanol–water partition coefficient (Wildman–Crippen LogP) is 2.27. The summed E-state index contributed by atoms with van der Waals surface area (Å²) in [6.07, 6.45) is 1.19. The van der Waals surface area contributed by atoms with Crippen molar-refractivity contribution in [2.24, 2.45) is 5.73 Å². The third kappa shape index (κ3) is 3.83. The van der Waals surface area contributed by atoms with Gasteiger partial charge < -0.3 is 11.1 Å². The second-order valence-electron chi connectivity index (χ2n) is 4.01. The van der Waals surface area contributed by atoms with E-state index < -0.39 is 26.1 Å². The topological polar surface area (TPSA) is 72.2 Å². The van der Waals surface area contributed by atoms with Crippen LogP contribution in [0.4, 0.5) is 23.2 Å². The van der Waals surface area contributed by atoms with Crippen molar-refractivity contribution >= 4 is 15.5 Å². The van der Waals surface area contributed by atoms with E-state index in [-0.39, 0.29) is 12.2 Å². The molecule has 0 fully saturated rings. The minimum atomic E-state index is -5.60. The average Bonchev–Trinajstić information content (AvgIpc) is 2.34. The van der Waals surface area contributed by atoms with Crippen LogP contribution in [-0.2, 0) is 9.84 Å². The number of rotatable bonds is 6. The largest absolute Gasteiger partial charge is 0.501 e. The van der Waals surface area contributed by atoms with Crippen molar-refractivity contribution in [3.63, 3.8) is 0 Å². The van der Waals surface area contributed by atoms with Gasteiger partial charge in [0, 0.05) is 6.54 Å². The normalized spacial score (nSPS) is 12.4. The zero-order valence-electron chi connectivity index (χ0n) is 10.4. The summed E-state index contributed by atoms with van der Waals surface area (Å²) in [7, 11) is -5.60. The first kappa shape index (κ1) is 16.7. The molecule has 0 saturated carbocycles. The maximum Gasteiger partial charge on any atom is 0.501 e. The van der Waals surface area contributed by atoms with Gasteiger partial charge in [0.1, 0.15) is 10.7 Å². The summed E-state index contributed by atoms with van der Waals surface area (Å²) in [4.78, 5) is -1.11. The van der Waals surface area contributed by atoms with E-state index in [0.717, 1.165) is 12.1 Å². The van der Waals surface area contributed by atoms with Gasteiger partial charge in [-0.05, 0) is 37.6 Å². The molecule has 0 aliphatic heterocycles. The molecule has 0 radical (unpaired) electrons. The Kier molecular flexibility index (Phi) is 5.35. The Hall–Kier alpha value is -1.35. The molecule has 0 aromatic heterocycles. The van der Waals surface area contributed by atoms with E-state index in [9.17, 15) is 26.0 Å². The van der Waals surface area contributed by atoms with Gasteiger partial charge in [-0.1, -0.05) is 0 Å². The molecule has 9 heteroatoms. The minimum absolute atomic E-state index is 0.239. The highest BCUT2D eigenvalue weighted by Crippen LogP contribution is 2.34. The lowest BCUT2D eigenvalue weighted by atomic mass is 10.2. The fourth-order valence-electron chi connectivity index (χ4n) is 1.48. The molecule has 114 valence electrons. The number of sulfone groups is 1. The van der Waals surface area contributed by atoms with E-state index >= 15 is 0 Å². The maximum absolute atomic E-state index is 13.0. The molecule has 0 aliphatic rings. The van der Waals surface area contributed by atoms with E-state index in [2.05, 4.69) is 5.32 Å². The molecule has 0 unspecified atom stereocenters. The van der Waals surface area contributed by atoms with Crippen molar-refractivity contribution in [1.82, 2.24) is 0 Å². The van der Waals surface area contributed by atoms with Crippen molar-refractivity contribution in [3.8, 4) is 0 Å². The van der Waals surface area contributed by atoms with E-state index in [1.54, 1.807) is 0 Å². The van der Waals surface area contributed by atoms with Crippen LogP contribution >= 0.6 is 0 Å². The summed E-state index contributed by atoms with van der Waals surface area (Å²) in [5.41, 5.74) is -0.493. The Labute approximate surface area is 113 Å². The number of hydrogen-bond acceptors (Lipinski definition) is 4. The molecule has 20 heavy (non-hydrogen) atoms. The Balaban J connectivity index is 3.09. The van der Waals surface area contributed by atoms with Gasteiger partial charge in [-0.25, -0.2) is 12.8 Å². The fraction of sp³-hybridized carbons (Fsp3) is 0.455. The van der Waals surface area contributed by atoms with Gasteiger partial charge in [0.05, 0.1) is 5.69 Å². The first-order chi connectivity index (χ1) is 9.20. The zero-order valence-corrected chi connectivity index (χ0v) is 11.2. The minimum Gasteiger partial charge on any atom is -0.384 e. The van der Waals surface area contributed by atoms with Gasteiger partial charge in [-0.3, -0.25) is 0 Å². The lowest BCUT2D eigenvalue weighted by Gasteiger charge is -2.14. The molecule has 1 aromatic rings. The van der Waals surface area contributed by atoms with Gasteiger partial charge in [-0.15, -0.1) is 0 Å². The van der Waals surface area contributed by atoms with Crippen LogP contribution in [0.2, 0.25) is 0 Å². The molecule has 0 atom stereocenters. The van der Waals surface area contributed by atoms with Crippen LogP contribution in [0.1, 0.15) is 12.8 Å². The summed E-state index contributed by atoms with van der Waals surface area (Å²) < 4.78 is 73.3. The summed E-state index contributed by atoms with van der Waals surface area (Å²) >= 11 is 0. The second-order valence-corrected chi connectivity index (χ2v) is 5.92. The second kappa shape index (κ2) is 6.40. The Morgan fingerprint density at radius 2 is 1.85 bits per heavy atom. The van der Waals surface area contributed by atoms with E-state index in [1.807, 2.05) is 0 Å². The molecular formula is C11H14F4N2O2S. The number of halogens is 4. The third-order valence-corrected chi connectivity index (χ3v) is 4.01. The number of alkyl halides is 3. The van der Waals surface area contributed by atoms with Crippen molar-refractivity contribution in [2.75, 3.05) is 18.4 Å². The standard InChI is InChI=1S/C11H14F4N2O2S/c12-8-3-4-9(17-6-2-1-5-16)10(7-8)20(18,19)11(13,14)15/h3-4,7,17H,1-2,5-6,16H2. The molecule has 1 aromatic carbocycles. The Morgan fingerprint density at radius 3 is 2.40 bits per heavy atom. The third-order valence-electron chi connectivity index (χ3n) is 2.48. The average molecular weight is 314 g/mol. The van der Waals surface area contributed by atoms with Crippen LogP contribution in [0.5, 0.6) is 0 Å². The Morgan fingerprint density at radius 1 is 1.20 bits per heavy atom. The summed E-state index contributed by atoms with van der Waals surface area (Å²) in [5.74, 6) is -1.06. The fourth-order valence-corrected chi connectivity index (χ4v) is 2.43. The van der Waals surface area contributed by atoms with Crippen LogP contribution in [0, 0.1) is 5.82 Å². The SMILES string of the molecule is NCCCCNc1ccc(F)cc1S(=O)(=O)C(F)(F)F. The predicted molar refractivity (Wildman–Crippen MR) is 66.4 cm³/mol. The Bertz CT molecular complexity index is 558. The smallest absolute Gasteiger partial charge is 0.384 e. The molecule has 0 aliphatic carbocycles. The molecule has 0 heterocycles. The molecule has 1 rings (SSSR count). The van der Waals surface area contributed by atoms with Crippen LogP contribution in [0.3, 0.4) is 0 Å². The number of benzene rings is 1. The monoisotopic (exact) mass is 314 g/mol. The zero-order chi connectivity index (χ0) is 15.4. The van der Waals surface area contributed by atoms with Crippen LogP contribution in [0.15, 0.2) is 23.1 Å². The number of unbranched alkanes of at least 4 members (excludes halogenated alkanes) is 1. The summed E-state index contributed by atoms with van der Waals surface area (Å²) in [5, 5.41) is 2.55. The highest BCUT2D eigenvalue weighted by atomic mass is 32.2. The van der Waals surface area contributed by atoms with Crippen LogP contribution in [0.25, 0.3) is 0 Å². The number of nitrogens with two attached hydrogens (primary N) is 1. The van der Waals surface area contributed by atoms with Crippen LogP contribution < -0.4 is 11.1 Å². The van der Waals surface area contributed by atoms with Gasteiger partial charge >= 0.3 is 5.51 Å². The molecule has 0 spiro atoms. The molecular weight excluding hydrogens is 300 g/mol. The van der Waals surface area contributed by atoms with Gasteiger partial charge in [0.15, 0.2) is 0 Å². The van der Waals surface area contributed by atoms with Gasteiger partial charge in [0.25, 0.3) is 9.84 Å². The molecule has 0 amide bonds. The molecule has 0 bridgehead atoms. The van der Waals surface area contributed by atoms with Gasteiger partial charge in [-0.2, -0.15) is 13.2 Å². The summed E-state index contributed by atoms with van der Waals surface area (Å²) in [6, 6.07) is 2.21. The molecule has 3 N–H and O–H groups in total. The summed E-state index contributed by atoms with van der Waals surface area (Å²) in [6.45, 7) is 0.655. The highest BCUT2D eigenvalue weighted by Gasteiger charge is 2.48. The first-order valence-electron chi connectivity index (χ1n) is 5.75. The van der Waals surface area contributed by atoms with E-state index in [0.29, 0.717) is 25.5 Å². The first-order valence-corrected chi connectivity index (χ1v) is 7.23. The lowest BCUT2D eigenvalue weighted by molar-refractivity contribution is -0.0435. The number of hydrogen-bond donors (Lipinski definition) is 2. The molecule has 0 saturated heterocycles. The van der Waals surface area contributed by atoms with Crippen molar-refractivity contribution in [2.45, 2.75) is 23.2 Å². The maximum atomic E-state index is 13.0. The van der Waals surface area contributed by atoms with Crippen molar-refractivity contribution < 1.29 is 26.0 Å². The molecule has 4 nitrogen and oxygen atoms in total. The van der Waals surface area contributed by atoms with E-state index in [1.165, 1.54) is 0 Å².